The molecule has 1 aromatic carbocycles. The van der Waals surface area contributed by atoms with Gasteiger partial charge in [0.15, 0.2) is 0 Å². The Morgan fingerprint density at radius 1 is 1.28 bits per heavy atom. The molecule has 0 spiro atoms. The van der Waals surface area contributed by atoms with Gasteiger partial charge in [-0.2, -0.15) is 0 Å². The molecule has 1 aromatic rings. The first-order valence-electron chi connectivity index (χ1n) is 8.49. The predicted molar refractivity (Wildman–Crippen MR) is 98.0 cm³/mol. The van der Waals surface area contributed by atoms with Gasteiger partial charge < -0.3 is 19.3 Å². The van der Waals surface area contributed by atoms with Gasteiger partial charge in [-0.25, -0.2) is 4.79 Å². The van der Waals surface area contributed by atoms with Gasteiger partial charge in [0, 0.05) is 30.0 Å². The second-order valence-electron chi connectivity index (χ2n) is 6.62. The molecule has 7 heteroatoms. The number of hydrogen-bond donors (Lipinski definition) is 0. The van der Waals surface area contributed by atoms with E-state index in [4.69, 9.17) is 9.47 Å². The number of methoxy groups -OCH3 is 1. The number of amides is 1. The average Bonchev–Trinajstić information content (AvgIpc) is 3.01. The number of fused-ring (bicyclic) bond motifs is 1. The topological polar surface area (TPSA) is 59.1 Å². The van der Waals surface area contributed by atoms with E-state index in [9.17, 15) is 9.59 Å². The van der Waals surface area contributed by atoms with Gasteiger partial charge in [-0.1, -0.05) is 0 Å². The molecule has 1 fully saturated rings. The van der Waals surface area contributed by atoms with E-state index < -0.39 is 0 Å². The van der Waals surface area contributed by atoms with E-state index in [2.05, 4.69) is 34.7 Å². The third-order valence-corrected chi connectivity index (χ3v) is 5.34. The van der Waals surface area contributed by atoms with Crippen LogP contribution in [0.4, 0.5) is 5.69 Å². The zero-order valence-corrected chi connectivity index (χ0v) is 16.3. The van der Waals surface area contributed by atoms with Crippen LogP contribution >= 0.6 is 15.9 Å². The van der Waals surface area contributed by atoms with Crippen molar-refractivity contribution in [2.75, 3.05) is 38.3 Å². The molecule has 2 aliphatic heterocycles. The third-order valence-electron chi connectivity index (χ3n) is 4.73. The summed E-state index contributed by atoms with van der Waals surface area (Å²) in [5, 5.41) is 0. The van der Waals surface area contributed by atoms with Crippen molar-refractivity contribution in [2.24, 2.45) is 0 Å². The molecule has 1 unspecified atom stereocenters. The van der Waals surface area contributed by atoms with Crippen molar-refractivity contribution < 1.29 is 19.1 Å². The molecule has 0 aromatic heterocycles. The highest BCUT2D eigenvalue weighted by atomic mass is 79.9. The van der Waals surface area contributed by atoms with E-state index in [1.54, 1.807) is 6.07 Å². The quantitative estimate of drug-likeness (QED) is 0.715. The zero-order chi connectivity index (χ0) is 18.1. The lowest BCUT2D eigenvalue weighted by Gasteiger charge is -2.36. The first-order valence-corrected chi connectivity index (χ1v) is 9.29. The van der Waals surface area contributed by atoms with Crippen molar-refractivity contribution >= 4 is 33.5 Å². The van der Waals surface area contributed by atoms with E-state index >= 15 is 0 Å². The van der Waals surface area contributed by atoms with Gasteiger partial charge in [0.1, 0.15) is 6.04 Å². The molecule has 0 saturated carbocycles. The number of nitrogens with zero attached hydrogens (tertiary/aromatic N) is 2. The molecule has 0 aliphatic carbocycles. The van der Waals surface area contributed by atoms with Gasteiger partial charge in [-0.05, 0) is 47.5 Å². The normalized spacial score (nSPS) is 20.0. The molecular weight excluding hydrogens is 388 g/mol. The Labute approximate surface area is 156 Å². The zero-order valence-electron chi connectivity index (χ0n) is 14.8. The first kappa shape index (κ1) is 18.2. The van der Waals surface area contributed by atoms with Crippen molar-refractivity contribution in [3.05, 3.63) is 27.7 Å². The van der Waals surface area contributed by atoms with E-state index in [1.165, 1.54) is 7.11 Å². The molecule has 1 amide bonds. The molecular formula is C18H23BrN2O4. The SMILES string of the molecule is COC(=O)c1cc(Br)c2c(c1)CC(C(=O)N1CCOCC1)N2C(C)C. The van der Waals surface area contributed by atoms with Gasteiger partial charge in [-0.15, -0.1) is 0 Å². The summed E-state index contributed by atoms with van der Waals surface area (Å²) < 4.78 is 11.0. The molecule has 0 bridgehead atoms. The summed E-state index contributed by atoms with van der Waals surface area (Å²) in [6, 6.07) is 3.52. The molecule has 6 nitrogen and oxygen atoms in total. The van der Waals surface area contributed by atoms with E-state index in [-0.39, 0.29) is 24.0 Å². The van der Waals surface area contributed by atoms with Crippen LogP contribution in [0.3, 0.4) is 0 Å². The van der Waals surface area contributed by atoms with Crippen LogP contribution in [0.15, 0.2) is 16.6 Å². The number of carbonyl (C=O) groups excluding carboxylic acids is 2. The molecule has 0 N–H and O–H groups in total. The second-order valence-corrected chi connectivity index (χ2v) is 7.47. The minimum atomic E-state index is -0.373. The summed E-state index contributed by atoms with van der Waals surface area (Å²) >= 11 is 3.58. The van der Waals surface area contributed by atoms with Crippen LogP contribution in [0.1, 0.15) is 29.8 Å². The number of anilines is 1. The maximum Gasteiger partial charge on any atom is 0.337 e. The molecule has 0 radical (unpaired) electrons. The smallest absolute Gasteiger partial charge is 0.337 e. The molecule has 25 heavy (non-hydrogen) atoms. The largest absolute Gasteiger partial charge is 0.465 e. The van der Waals surface area contributed by atoms with Crippen LogP contribution in [0.2, 0.25) is 0 Å². The van der Waals surface area contributed by atoms with Gasteiger partial charge in [-0.3, -0.25) is 4.79 Å². The number of halogens is 1. The third kappa shape index (κ3) is 3.40. The Balaban J connectivity index is 1.95. The van der Waals surface area contributed by atoms with Crippen LogP contribution in [0.5, 0.6) is 0 Å². The molecule has 136 valence electrons. The van der Waals surface area contributed by atoms with Crippen LogP contribution < -0.4 is 4.90 Å². The van der Waals surface area contributed by atoms with E-state index in [0.29, 0.717) is 38.3 Å². The Hall–Kier alpha value is -1.60. The lowest BCUT2D eigenvalue weighted by Crippen LogP contribution is -2.52. The number of hydrogen-bond acceptors (Lipinski definition) is 5. The van der Waals surface area contributed by atoms with Crippen molar-refractivity contribution in [2.45, 2.75) is 32.4 Å². The Kier molecular flexibility index (Phi) is 5.34. The molecule has 1 saturated heterocycles. The number of esters is 1. The maximum absolute atomic E-state index is 13.1. The van der Waals surface area contributed by atoms with Crippen LogP contribution in [0, 0.1) is 0 Å². The van der Waals surface area contributed by atoms with Gasteiger partial charge in [0.25, 0.3) is 0 Å². The summed E-state index contributed by atoms with van der Waals surface area (Å²) in [7, 11) is 1.37. The number of morpholine rings is 1. The average molecular weight is 411 g/mol. The Morgan fingerprint density at radius 2 is 1.96 bits per heavy atom. The van der Waals surface area contributed by atoms with Gasteiger partial charge >= 0.3 is 5.97 Å². The lowest BCUT2D eigenvalue weighted by atomic mass is 10.1. The fourth-order valence-electron chi connectivity index (χ4n) is 3.62. The Bertz CT molecular complexity index is 686. The number of ether oxygens (including phenoxy) is 2. The second kappa shape index (κ2) is 7.33. The number of benzene rings is 1. The highest BCUT2D eigenvalue weighted by Gasteiger charge is 2.40. The van der Waals surface area contributed by atoms with Crippen LogP contribution in [-0.4, -0.2) is 62.3 Å². The maximum atomic E-state index is 13.1. The predicted octanol–water partition coefficient (Wildman–Crippen LogP) is 2.23. The minimum absolute atomic E-state index is 0.125. The summed E-state index contributed by atoms with van der Waals surface area (Å²) in [5.41, 5.74) is 2.49. The molecule has 3 rings (SSSR count). The first-order chi connectivity index (χ1) is 11.9. The minimum Gasteiger partial charge on any atom is -0.465 e. The van der Waals surface area contributed by atoms with E-state index in [0.717, 1.165) is 15.7 Å². The number of carbonyl (C=O) groups is 2. The van der Waals surface area contributed by atoms with Crippen LogP contribution in [-0.2, 0) is 20.7 Å². The van der Waals surface area contributed by atoms with Crippen molar-refractivity contribution in [3.8, 4) is 0 Å². The Morgan fingerprint density at radius 3 is 2.56 bits per heavy atom. The summed E-state index contributed by atoms with van der Waals surface area (Å²) in [6.45, 7) is 6.59. The van der Waals surface area contributed by atoms with Crippen molar-refractivity contribution in [1.29, 1.82) is 0 Å². The molecule has 1 atom stereocenters. The summed E-state index contributed by atoms with van der Waals surface area (Å²) in [6.07, 6.45) is 0.590. The van der Waals surface area contributed by atoms with Crippen LogP contribution in [0.25, 0.3) is 0 Å². The lowest BCUT2D eigenvalue weighted by molar-refractivity contribution is -0.136. The van der Waals surface area contributed by atoms with Gasteiger partial charge in [0.2, 0.25) is 5.91 Å². The summed E-state index contributed by atoms with van der Waals surface area (Å²) in [5.74, 6) is -0.248. The molecule has 2 aliphatic rings. The fraction of sp³-hybridized carbons (Fsp3) is 0.556. The monoisotopic (exact) mass is 410 g/mol. The van der Waals surface area contributed by atoms with Crippen molar-refractivity contribution in [3.63, 3.8) is 0 Å². The summed E-state index contributed by atoms with van der Waals surface area (Å²) in [4.78, 5) is 29.0. The molecule has 2 heterocycles. The van der Waals surface area contributed by atoms with E-state index in [1.807, 2.05) is 11.0 Å². The van der Waals surface area contributed by atoms with Gasteiger partial charge in [0.05, 0.1) is 31.6 Å². The highest BCUT2D eigenvalue weighted by molar-refractivity contribution is 9.10. The highest BCUT2D eigenvalue weighted by Crippen LogP contribution is 2.41. The standard InChI is InChI=1S/C18H23BrN2O4/c1-11(2)21-15(17(22)20-4-6-25-7-5-20)10-12-8-13(18(23)24-3)9-14(19)16(12)21/h8-9,11,15H,4-7,10H2,1-3H3. The number of rotatable bonds is 3. The fourth-order valence-corrected chi connectivity index (χ4v) is 4.32. The van der Waals surface area contributed by atoms with Crippen molar-refractivity contribution in [1.82, 2.24) is 4.90 Å².